The maximum atomic E-state index is 12.8. The molecule has 1 fully saturated rings. The molecule has 6 nitrogen and oxygen atoms in total. The fraction of sp³-hybridized carbons (Fsp3) is 0.458. The van der Waals surface area contributed by atoms with Gasteiger partial charge in [0.05, 0.1) is 13.2 Å². The molecule has 1 atom stereocenters. The number of amides is 1. The lowest BCUT2D eigenvalue weighted by Crippen LogP contribution is -2.48. The van der Waals surface area contributed by atoms with Gasteiger partial charge in [0, 0.05) is 57.6 Å². The second-order valence-corrected chi connectivity index (χ2v) is 8.35. The lowest BCUT2D eigenvalue weighted by molar-refractivity contribution is 0.0886. The first-order chi connectivity index (χ1) is 14.5. The summed E-state index contributed by atoms with van der Waals surface area (Å²) < 4.78 is 5.19. The van der Waals surface area contributed by atoms with E-state index in [2.05, 4.69) is 52.3 Å². The van der Waals surface area contributed by atoms with E-state index in [1.807, 2.05) is 24.3 Å². The minimum absolute atomic E-state index is 0.0438. The summed E-state index contributed by atoms with van der Waals surface area (Å²) in [5.74, 6) is 0.711. The van der Waals surface area contributed by atoms with Crippen molar-refractivity contribution in [1.29, 1.82) is 0 Å². The quantitative estimate of drug-likeness (QED) is 0.796. The summed E-state index contributed by atoms with van der Waals surface area (Å²) in [4.78, 5) is 19.9. The van der Waals surface area contributed by atoms with Crippen LogP contribution in [-0.2, 0) is 6.42 Å². The Hall–Kier alpha value is -2.57. The summed E-state index contributed by atoms with van der Waals surface area (Å²) in [5.41, 5.74) is 4.70. The maximum Gasteiger partial charge on any atom is 0.251 e. The smallest absolute Gasteiger partial charge is 0.251 e. The van der Waals surface area contributed by atoms with E-state index in [0.29, 0.717) is 12.1 Å². The molecule has 0 aromatic heterocycles. The summed E-state index contributed by atoms with van der Waals surface area (Å²) >= 11 is 0. The number of nitrogens with zero attached hydrogens (tertiary/aromatic N) is 3. The summed E-state index contributed by atoms with van der Waals surface area (Å²) in [6, 6.07) is 14.3. The fourth-order valence-electron chi connectivity index (χ4n) is 4.42. The van der Waals surface area contributed by atoms with Crippen LogP contribution in [0.5, 0.6) is 5.75 Å². The largest absolute Gasteiger partial charge is 0.497 e. The number of ether oxygens (including phenoxy) is 1. The van der Waals surface area contributed by atoms with Crippen molar-refractivity contribution < 1.29 is 9.53 Å². The van der Waals surface area contributed by atoms with E-state index >= 15 is 0 Å². The van der Waals surface area contributed by atoms with Gasteiger partial charge < -0.3 is 19.9 Å². The van der Waals surface area contributed by atoms with Crippen LogP contribution >= 0.6 is 0 Å². The molecule has 1 amide bonds. The van der Waals surface area contributed by atoms with Gasteiger partial charge in [0.1, 0.15) is 5.75 Å². The number of fused-ring (bicyclic) bond motifs is 1. The van der Waals surface area contributed by atoms with Gasteiger partial charge in [-0.25, -0.2) is 0 Å². The SMILES string of the molecule is COc1ccc(C(=O)NC[C@@H](c2ccc3c(c2)CCN3C)N2CCN(C)CC2)cc1. The van der Waals surface area contributed by atoms with Crippen LogP contribution in [0.2, 0.25) is 0 Å². The minimum Gasteiger partial charge on any atom is -0.497 e. The van der Waals surface area contributed by atoms with Crippen molar-refractivity contribution in [1.82, 2.24) is 15.1 Å². The highest BCUT2D eigenvalue weighted by molar-refractivity contribution is 5.94. The van der Waals surface area contributed by atoms with Crippen molar-refractivity contribution in [3.63, 3.8) is 0 Å². The molecule has 0 aliphatic carbocycles. The summed E-state index contributed by atoms with van der Waals surface area (Å²) in [7, 11) is 5.95. The van der Waals surface area contributed by atoms with Crippen molar-refractivity contribution in [2.45, 2.75) is 12.5 Å². The molecule has 0 radical (unpaired) electrons. The molecule has 0 spiro atoms. The molecule has 0 unspecified atom stereocenters. The number of piperazine rings is 1. The van der Waals surface area contributed by atoms with Crippen molar-refractivity contribution in [2.24, 2.45) is 0 Å². The zero-order valence-corrected chi connectivity index (χ0v) is 18.2. The van der Waals surface area contributed by atoms with Gasteiger partial charge >= 0.3 is 0 Å². The first-order valence-electron chi connectivity index (χ1n) is 10.7. The second-order valence-electron chi connectivity index (χ2n) is 8.35. The first kappa shape index (κ1) is 20.7. The number of hydrogen-bond donors (Lipinski definition) is 1. The second kappa shape index (κ2) is 9.06. The van der Waals surface area contributed by atoms with Crippen molar-refractivity contribution in [3.05, 3.63) is 59.2 Å². The average Bonchev–Trinajstić information content (AvgIpc) is 3.15. The Morgan fingerprint density at radius 2 is 1.77 bits per heavy atom. The van der Waals surface area contributed by atoms with Gasteiger partial charge in [0.15, 0.2) is 0 Å². The number of anilines is 1. The number of rotatable bonds is 6. The third kappa shape index (κ3) is 4.45. The van der Waals surface area contributed by atoms with E-state index in [4.69, 9.17) is 4.74 Å². The summed E-state index contributed by atoms with van der Waals surface area (Å²) in [6.07, 6.45) is 1.09. The first-order valence-corrected chi connectivity index (χ1v) is 10.7. The van der Waals surface area contributed by atoms with Gasteiger partial charge in [-0.05, 0) is 54.9 Å². The molecule has 2 aromatic carbocycles. The standard InChI is InChI=1S/C24H32N4O2/c1-26-12-14-28(15-13-26)23(19-6-9-22-20(16-19)10-11-27(22)2)17-25-24(29)18-4-7-21(30-3)8-5-18/h4-9,16,23H,10-15,17H2,1-3H3,(H,25,29)/t23-/m0/s1. The molecular formula is C24H32N4O2. The third-order valence-corrected chi connectivity index (χ3v) is 6.40. The van der Waals surface area contributed by atoms with Gasteiger partial charge in [-0.3, -0.25) is 9.69 Å². The molecule has 160 valence electrons. The maximum absolute atomic E-state index is 12.8. The van der Waals surface area contributed by atoms with E-state index < -0.39 is 0 Å². The average molecular weight is 409 g/mol. The topological polar surface area (TPSA) is 48.1 Å². The predicted molar refractivity (Wildman–Crippen MR) is 121 cm³/mol. The van der Waals surface area contributed by atoms with Crippen LogP contribution in [0.25, 0.3) is 0 Å². The minimum atomic E-state index is -0.0438. The van der Waals surface area contributed by atoms with Crippen molar-refractivity contribution >= 4 is 11.6 Å². The Balaban J connectivity index is 1.51. The highest BCUT2D eigenvalue weighted by atomic mass is 16.5. The van der Waals surface area contributed by atoms with E-state index in [0.717, 1.165) is 44.9 Å². The van der Waals surface area contributed by atoms with Crippen LogP contribution in [0.1, 0.15) is 27.5 Å². The fourth-order valence-corrected chi connectivity index (χ4v) is 4.42. The number of carbonyl (C=O) groups excluding carboxylic acids is 1. The molecule has 0 saturated carbocycles. The predicted octanol–water partition coefficient (Wildman–Crippen LogP) is 2.41. The van der Waals surface area contributed by atoms with Crippen LogP contribution in [0.3, 0.4) is 0 Å². The number of carbonyl (C=O) groups is 1. The van der Waals surface area contributed by atoms with E-state index in [1.165, 1.54) is 16.8 Å². The Morgan fingerprint density at radius 3 is 2.47 bits per heavy atom. The number of methoxy groups -OCH3 is 1. The normalized spacial score (nSPS) is 18.2. The zero-order valence-electron chi connectivity index (χ0n) is 18.2. The summed E-state index contributed by atoms with van der Waals surface area (Å²) in [5, 5.41) is 3.17. The van der Waals surface area contributed by atoms with Crippen molar-refractivity contribution in [2.75, 3.05) is 65.4 Å². The molecule has 30 heavy (non-hydrogen) atoms. The molecule has 2 aromatic rings. The Bertz CT molecular complexity index is 875. The molecule has 2 heterocycles. The Labute approximate surface area is 179 Å². The molecular weight excluding hydrogens is 376 g/mol. The number of nitrogens with one attached hydrogen (secondary N) is 1. The van der Waals surface area contributed by atoms with E-state index in [9.17, 15) is 4.79 Å². The zero-order chi connectivity index (χ0) is 21.1. The Morgan fingerprint density at radius 1 is 1.03 bits per heavy atom. The monoisotopic (exact) mass is 408 g/mol. The molecule has 6 heteroatoms. The summed E-state index contributed by atoms with van der Waals surface area (Å²) in [6.45, 7) is 5.80. The van der Waals surface area contributed by atoms with Crippen LogP contribution < -0.4 is 15.0 Å². The van der Waals surface area contributed by atoms with Crippen LogP contribution in [0, 0.1) is 0 Å². The highest BCUT2D eigenvalue weighted by Gasteiger charge is 2.26. The van der Waals surface area contributed by atoms with Crippen molar-refractivity contribution in [3.8, 4) is 5.75 Å². The molecule has 0 bridgehead atoms. The van der Waals surface area contributed by atoms with Gasteiger partial charge in [0.2, 0.25) is 0 Å². The highest BCUT2D eigenvalue weighted by Crippen LogP contribution is 2.31. The molecule has 4 rings (SSSR count). The molecule has 2 aliphatic rings. The molecule has 1 saturated heterocycles. The Kier molecular flexibility index (Phi) is 6.25. The van der Waals surface area contributed by atoms with E-state index in [-0.39, 0.29) is 11.9 Å². The van der Waals surface area contributed by atoms with E-state index in [1.54, 1.807) is 7.11 Å². The number of hydrogen-bond acceptors (Lipinski definition) is 5. The van der Waals surface area contributed by atoms with Gasteiger partial charge in [-0.2, -0.15) is 0 Å². The van der Waals surface area contributed by atoms with Gasteiger partial charge in [0.25, 0.3) is 5.91 Å². The lowest BCUT2D eigenvalue weighted by Gasteiger charge is -2.38. The van der Waals surface area contributed by atoms with Gasteiger partial charge in [-0.15, -0.1) is 0 Å². The molecule has 1 N–H and O–H groups in total. The number of benzene rings is 2. The molecule has 2 aliphatic heterocycles. The van der Waals surface area contributed by atoms with Gasteiger partial charge in [-0.1, -0.05) is 12.1 Å². The van der Waals surface area contributed by atoms with Crippen LogP contribution in [0.4, 0.5) is 5.69 Å². The van der Waals surface area contributed by atoms with Crippen LogP contribution in [0.15, 0.2) is 42.5 Å². The number of likely N-dealkylation sites (N-methyl/N-ethyl adjacent to an activating group) is 2. The van der Waals surface area contributed by atoms with Crippen LogP contribution in [-0.4, -0.2) is 76.2 Å². The lowest BCUT2D eigenvalue weighted by atomic mass is 10.00. The third-order valence-electron chi connectivity index (χ3n) is 6.40.